The van der Waals surface area contributed by atoms with Gasteiger partial charge in [0.25, 0.3) is 0 Å². The highest BCUT2D eigenvalue weighted by molar-refractivity contribution is 5.80. The predicted octanol–water partition coefficient (Wildman–Crippen LogP) is 0.778. The second-order valence-electron chi connectivity index (χ2n) is 3.72. The van der Waals surface area contributed by atoms with Gasteiger partial charge in [-0.1, -0.05) is 0 Å². The van der Waals surface area contributed by atoms with Gasteiger partial charge in [-0.05, 0) is 6.92 Å². The molecule has 1 fully saturated rings. The molecule has 16 heavy (non-hydrogen) atoms. The molecule has 0 atom stereocenters. The number of carbonyl (C=O) groups excluding carboxylic acids is 1. The van der Waals surface area contributed by atoms with E-state index in [-0.39, 0.29) is 12.1 Å². The van der Waals surface area contributed by atoms with Gasteiger partial charge in [-0.15, -0.1) is 0 Å². The molecule has 0 saturated carbocycles. The molecule has 0 bridgehead atoms. The van der Waals surface area contributed by atoms with Crippen molar-refractivity contribution in [3.05, 3.63) is 18.2 Å². The average molecular weight is 224 g/mol. The molecule has 2 rings (SSSR count). The molecule has 1 aromatic heterocycles. The van der Waals surface area contributed by atoms with Crippen molar-refractivity contribution < 1.29 is 14.3 Å². The molecule has 2 heterocycles. The number of hydrogen-bond acceptors (Lipinski definition) is 4. The van der Waals surface area contributed by atoms with Crippen molar-refractivity contribution in [1.29, 1.82) is 0 Å². The van der Waals surface area contributed by atoms with Crippen molar-refractivity contribution in [2.75, 3.05) is 13.2 Å². The molecule has 0 unspecified atom stereocenters. The summed E-state index contributed by atoms with van der Waals surface area (Å²) in [5.74, 6) is 0.915. The van der Waals surface area contributed by atoms with E-state index in [1.165, 1.54) is 0 Å². The lowest BCUT2D eigenvalue weighted by Crippen LogP contribution is -2.17. The second kappa shape index (κ2) is 5.23. The number of hydrogen-bond donors (Lipinski definition) is 0. The number of aromatic nitrogens is 2. The van der Waals surface area contributed by atoms with Crippen LogP contribution in [0.5, 0.6) is 0 Å². The van der Waals surface area contributed by atoms with Gasteiger partial charge in [0.2, 0.25) is 0 Å². The summed E-state index contributed by atoms with van der Waals surface area (Å²) in [5.41, 5.74) is 0. The van der Waals surface area contributed by atoms with Crippen LogP contribution in [-0.2, 0) is 27.2 Å². The Morgan fingerprint density at radius 3 is 3.00 bits per heavy atom. The van der Waals surface area contributed by atoms with E-state index in [4.69, 9.17) is 9.47 Å². The Bertz CT molecular complexity index is 356. The number of ether oxygens (including phenoxy) is 2. The largest absolute Gasteiger partial charge is 0.350 e. The maximum Gasteiger partial charge on any atom is 0.164 e. The van der Waals surface area contributed by atoms with Crippen molar-refractivity contribution in [2.45, 2.75) is 32.6 Å². The Hall–Kier alpha value is -1.20. The van der Waals surface area contributed by atoms with Gasteiger partial charge in [-0.2, -0.15) is 0 Å². The highest BCUT2D eigenvalue weighted by Crippen LogP contribution is 2.10. The van der Waals surface area contributed by atoms with E-state index in [1.807, 2.05) is 17.7 Å². The van der Waals surface area contributed by atoms with E-state index >= 15 is 0 Å². The molecular weight excluding hydrogens is 208 g/mol. The molecule has 0 spiro atoms. The van der Waals surface area contributed by atoms with Crippen molar-refractivity contribution in [3.8, 4) is 0 Å². The first-order valence-electron chi connectivity index (χ1n) is 5.54. The highest BCUT2D eigenvalue weighted by atomic mass is 16.7. The number of ketones is 1. The number of nitrogens with zero attached hydrogens (tertiary/aromatic N) is 2. The molecule has 0 aliphatic carbocycles. The minimum atomic E-state index is -0.350. The van der Waals surface area contributed by atoms with Crippen LogP contribution in [0.15, 0.2) is 12.4 Å². The number of rotatable bonds is 5. The molecular formula is C11H16N2O3. The minimum Gasteiger partial charge on any atom is -0.350 e. The van der Waals surface area contributed by atoms with Crippen LogP contribution in [0.2, 0.25) is 0 Å². The van der Waals surface area contributed by atoms with Gasteiger partial charge < -0.3 is 14.0 Å². The first kappa shape index (κ1) is 11.3. The first-order valence-corrected chi connectivity index (χ1v) is 5.54. The Kier molecular flexibility index (Phi) is 3.69. The van der Waals surface area contributed by atoms with Crippen LogP contribution in [0, 0.1) is 0 Å². The van der Waals surface area contributed by atoms with Crippen LogP contribution >= 0.6 is 0 Å². The van der Waals surface area contributed by atoms with Crippen LogP contribution < -0.4 is 0 Å². The summed E-state index contributed by atoms with van der Waals surface area (Å²) in [6, 6.07) is 0. The van der Waals surface area contributed by atoms with Crippen molar-refractivity contribution in [2.24, 2.45) is 0 Å². The molecule has 0 radical (unpaired) electrons. The smallest absolute Gasteiger partial charge is 0.164 e. The van der Waals surface area contributed by atoms with Gasteiger partial charge >= 0.3 is 0 Å². The Morgan fingerprint density at radius 1 is 1.56 bits per heavy atom. The summed E-state index contributed by atoms with van der Waals surface area (Å²) in [7, 11) is 0. The SMILES string of the molecule is CCn1ccnc1CC(=O)CC1OCCO1. The van der Waals surface area contributed by atoms with E-state index < -0.39 is 0 Å². The fourth-order valence-electron chi connectivity index (χ4n) is 1.75. The normalized spacial score (nSPS) is 16.8. The second-order valence-corrected chi connectivity index (χ2v) is 3.72. The molecule has 1 aliphatic heterocycles. The van der Waals surface area contributed by atoms with Crippen LogP contribution in [0.25, 0.3) is 0 Å². The third kappa shape index (κ3) is 2.68. The Balaban J connectivity index is 1.86. The summed E-state index contributed by atoms with van der Waals surface area (Å²) in [6.45, 7) is 4.03. The molecule has 5 heteroatoms. The summed E-state index contributed by atoms with van der Waals surface area (Å²) >= 11 is 0. The van der Waals surface area contributed by atoms with Gasteiger partial charge in [0, 0.05) is 18.9 Å². The molecule has 88 valence electrons. The van der Waals surface area contributed by atoms with Crippen LogP contribution in [0.3, 0.4) is 0 Å². The van der Waals surface area contributed by atoms with Crippen LogP contribution in [0.4, 0.5) is 0 Å². The third-order valence-electron chi connectivity index (χ3n) is 2.58. The lowest BCUT2D eigenvalue weighted by atomic mass is 10.2. The molecule has 1 aromatic rings. The average Bonchev–Trinajstić information content (AvgIpc) is 2.88. The zero-order valence-corrected chi connectivity index (χ0v) is 9.39. The zero-order valence-electron chi connectivity index (χ0n) is 9.39. The molecule has 5 nitrogen and oxygen atoms in total. The molecule has 1 aliphatic rings. The van der Waals surface area contributed by atoms with Gasteiger partial charge in [-0.25, -0.2) is 4.98 Å². The maximum absolute atomic E-state index is 11.7. The standard InChI is InChI=1S/C11H16N2O3/c1-2-13-4-3-12-10(13)7-9(14)8-11-15-5-6-16-11/h3-4,11H,2,5-8H2,1H3. The third-order valence-corrected chi connectivity index (χ3v) is 2.58. The van der Waals surface area contributed by atoms with E-state index in [0.29, 0.717) is 26.1 Å². The molecule has 0 aromatic carbocycles. The summed E-state index contributed by atoms with van der Waals surface area (Å²) in [4.78, 5) is 15.9. The summed E-state index contributed by atoms with van der Waals surface area (Å²) in [5, 5.41) is 0. The van der Waals surface area contributed by atoms with Crippen molar-refractivity contribution >= 4 is 5.78 Å². The topological polar surface area (TPSA) is 53.4 Å². The number of Topliss-reactive ketones (excluding diaryl/α,β-unsaturated/α-hetero) is 1. The van der Waals surface area contributed by atoms with Crippen molar-refractivity contribution in [3.63, 3.8) is 0 Å². The molecule has 0 amide bonds. The van der Waals surface area contributed by atoms with Gasteiger partial charge in [0.1, 0.15) is 11.6 Å². The maximum atomic E-state index is 11.7. The highest BCUT2D eigenvalue weighted by Gasteiger charge is 2.20. The minimum absolute atomic E-state index is 0.104. The number of carbonyl (C=O) groups is 1. The quantitative estimate of drug-likeness (QED) is 0.741. The summed E-state index contributed by atoms with van der Waals surface area (Å²) in [6.07, 6.45) is 3.91. The fourth-order valence-corrected chi connectivity index (χ4v) is 1.75. The monoisotopic (exact) mass is 224 g/mol. The fraction of sp³-hybridized carbons (Fsp3) is 0.636. The van der Waals surface area contributed by atoms with E-state index in [0.717, 1.165) is 12.4 Å². The number of imidazole rings is 1. The van der Waals surface area contributed by atoms with E-state index in [2.05, 4.69) is 4.98 Å². The predicted molar refractivity (Wildman–Crippen MR) is 56.9 cm³/mol. The van der Waals surface area contributed by atoms with Gasteiger partial charge in [0.05, 0.1) is 26.1 Å². The van der Waals surface area contributed by atoms with Crippen molar-refractivity contribution in [1.82, 2.24) is 9.55 Å². The number of aryl methyl sites for hydroxylation is 1. The Labute approximate surface area is 94.4 Å². The lowest BCUT2D eigenvalue weighted by Gasteiger charge is -2.08. The Morgan fingerprint density at radius 2 is 2.31 bits per heavy atom. The van der Waals surface area contributed by atoms with Crippen LogP contribution in [-0.4, -0.2) is 34.8 Å². The van der Waals surface area contributed by atoms with Crippen LogP contribution in [0.1, 0.15) is 19.2 Å². The molecule has 0 N–H and O–H groups in total. The lowest BCUT2D eigenvalue weighted by molar-refractivity contribution is -0.126. The molecule has 1 saturated heterocycles. The first-order chi connectivity index (χ1) is 7.79. The van der Waals surface area contributed by atoms with Gasteiger partial charge in [0.15, 0.2) is 6.29 Å². The van der Waals surface area contributed by atoms with Gasteiger partial charge in [-0.3, -0.25) is 4.79 Å². The zero-order chi connectivity index (χ0) is 11.4. The summed E-state index contributed by atoms with van der Waals surface area (Å²) < 4.78 is 12.4. The van der Waals surface area contributed by atoms with E-state index in [9.17, 15) is 4.79 Å². The van der Waals surface area contributed by atoms with E-state index in [1.54, 1.807) is 6.20 Å².